The number of carbonyl (C=O) groups excluding carboxylic acids is 2. The van der Waals surface area contributed by atoms with Gasteiger partial charge in [-0.25, -0.2) is 0 Å². The Balaban J connectivity index is 1.00. The fourth-order valence-electron chi connectivity index (χ4n) is 12.4. The van der Waals surface area contributed by atoms with Crippen molar-refractivity contribution in [3.05, 3.63) is 149 Å². The molecule has 1 spiro atoms. The number of carbonyl (C=O) groups is 2. The largest absolute Gasteiger partial charge is 0.497 e. The van der Waals surface area contributed by atoms with E-state index in [-0.39, 0.29) is 55.0 Å². The minimum atomic E-state index is -1.07. The zero-order chi connectivity index (χ0) is 52.1. The third-order valence-corrected chi connectivity index (χ3v) is 14.9. The van der Waals surface area contributed by atoms with Crippen LogP contribution in [0.2, 0.25) is 0 Å². The molecule has 74 heavy (non-hydrogen) atoms. The molecule has 2 atom stereocenters. The third-order valence-electron chi connectivity index (χ3n) is 14.9. The summed E-state index contributed by atoms with van der Waals surface area (Å²) in [5.74, 6) is 1.93. The van der Waals surface area contributed by atoms with E-state index >= 15 is 0 Å². The molecular formula is C64H72O10. The molecule has 0 amide bonds. The van der Waals surface area contributed by atoms with E-state index in [0.717, 1.165) is 87.9 Å². The van der Waals surface area contributed by atoms with E-state index in [1.165, 1.54) is 22.3 Å². The summed E-state index contributed by atoms with van der Waals surface area (Å²) < 4.78 is 47.7. The van der Waals surface area contributed by atoms with Gasteiger partial charge in [-0.3, -0.25) is 9.59 Å². The van der Waals surface area contributed by atoms with Gasteiger partial charge in [-0.15, -0.1) is 0 Å². The van der Waals surface area contributed by atoms with E-state index in [9.17, 15) is 9.59 Å². The number of esters is 2. The Morgan fingerprint density at radius 2 is 1.32 bits per heavy atom. The van der Waals surface area contributed by atoms with Crippen LogP contribution in [0.4, 0.5) is 0 Å². The van der Waals surface area contributed by atoms with E-state index in [0.29, 0.717) is 25.6 Å². The summed E-state index contributed by atoms with van der Waals surface area (Å²) in [6.45, 7) is 15.6. The van der Waals surface area contributed by atoms with Gasteiger partial charge < -0.3 is 37.9 Å². The first-order chi connectivity index (χ1) is 35.7. The number of ether oxygens (including phenoxy) is 8. The average Bonchev–Trinajstić information content (AvgIpc) is 3.66. The van der Waals surface area contributed by atoms with Gasteiger partial charge in [-0.05, 0) is 119 Å². The zero-order valence-corrected chi connectivity index (χ0v) is 44.5. The van der Waals surface area contributed by atoms with Crippen LogP contribution in [-0.4, -0.2) is 71.9 Å². The summed E-state index contributed by atoms with van der Waals surface area (Å²) in [5.41, 5.74) is 9.10. The van der Waals surface area contributed by atoms with E-state index in [1.807, 2.05) is 49.4 Å². The van der Waals surface area contributed by atoms with Gasteiger partial charge in [0.15, 0.2) is 5.60 Å². The number of unbranched alkanes of at least 4 members (excludes halogenated alkanes) is 1. The van der Waals surface area contributed by atoms with Crippen molar-refractivity contribution in [2.45, 2.75) is 104 Å². The normalized spacial score (nSPS) is 17.9. The van der Waals surface area contributed by atoms with Gasteiger partial charge in [0.05, 0.1) is 46.4 Å². The van der Waals surface area contributed by atoms with Crippen molar-refractivity contribution in [2.24, 2.45) is 10.8 Å². The Hall–Kier alpha value is -6.62. The Morgan fingerprint density at radius 3 is 2.00 bits per heavy atom. The molecule has 1 fully saturated rings. The van der Waals surface area contributed by atoms with Crippen LogP contribution in [0.15, 0.2) is 121 Å². The maximum Gasteiger partial charge on any atom is 0.306 e. The fourth-order valence-corrected chi connectivity index (χ4v) is 12.4. The Labute approximate surface area is 437 Å². The summed E-state index contributed by atoms with van der Waals surface area (Å²) in [7, 11) is 3.42. The van der Waals surface area contributed by atoms with Gasteiger partial charge >= 0.3 is 11.9 Å². The third kappa shape index (κ3) is 10.8. The number of benzene rings is 6. The molecule has 1 saturated carbocycles. The van der Waals surface area contributed by atoms with Crippen molar-refractivity contribution >= 4 is 28.8 Å². The summed E-state index contributed by atoms with van der Waals surface area (Å²) in [4.78, 5) is 24.9. The van der Waals surface area contributed by atoms with Crippen molar-refractivity contribution in [2.75, 3.05) is 53.9 Å². The summed E-state index contributed by atoms with van der Waals surface area (Å²) in [6.07, 6.45) is 9.31. The lowest BCUT2D eigenvalue weighted by Gasteiger charge is -2.52. The first-order valence-electron chi connectivity index (χ1n) is 26.3. The highest BCUT2D eigenvalue weighted by atomic mass is 16.6. The number of hydrogen-bond donors (Lipinski definition) is 0. The van der Waals surface area contributed by atoms with Crippen LogP contribution in [0, 0.1) is 10.8 Å². The van der Waals surface area contributed by atoms with Crippen LogP contribution in [0.1, 0.15) is 114 Å². The molecule has 388 valence electrons. The molecular weight excluding hydrogens is 929 g/mol. The van der Waals surface area contributed by atoms with Gasteiger partial charge in [0.2, 0.25) is 0 Å². The zero-order valence-electron chi connectivity index (χ0n) is 44.5. The molecule has 6 aromatic rings. The molecule has 1 heterocycles. The van der Waals surface area contributed by atoms with Crippen molar-refractivity contribution in [1.82, 2.24) is 0 Å². The smallest absolute Gasteiger partial charge is 0.306 e. The molecule has 10 nitrogen and oxygen atoms in total. The molecule has 3 aliphatic rings. The van der Waals surface area contributed by atoms with E-state index in [1.54, 1.807) is 14.2 Å². The molecule has 0 aromatic heterocycles. The van der Waals surface area contributed by atoms with Crippen molar-refractivity contribution < 1.29 is 47.5 Å². The lowest BCUT2D eigenvalue weighted by atomic mass is 9.52. The van der Waals surface area contributed by atoms with Gasteiger partial charge in [0.25, 0.3) is 0 Å². The van der Waals surface area contributed by atoms with Gasteiger partial charge in [0.1, 0.15) is 42.8 Å². The monoisotopic (exact) mass is 1000 g/mol. The molecule has 9 rings (SSSR count). The van der Waals surface area contributed by atoms with Gasteiger partial charge in [-0.1, -0.05) is 126 Å². The number of fused-ring (bicyclic) bond motifs is 10. The van der Waals surface area contributed by atoms with Crippen molar-refractivity contribution in [1.29, 1.82) is 0 Å². The predicted molar refractivity (Wildman–Crippen MR) is 291 cm³/mol. The molecule has 0 bridgehead atoms. The standard InChI is InChI=1S/C64H72O10/c1-9-10-32-69-33-34-70-43(2)39-73-57(66)29-28-56(65)72-36-35-71-48-26-22-46(23-27-48)64(45-20-24-47(67-7)25-21-45)31-30-50-59-58(49-18-14-15-19-54(49)63(59)41-61(3,4)40-62(5,6)42-63)52-37-51(44-16-12-11-13-17-44)55(68-8)38-53(52)60(50)74-64/h11-27,30-31,37-38,43H,9-10,28-29,32-36,39-42H2,1-8H3. The molecule has 0 radical (unpaired) electrons. The average molecular weight is 1000 g/mol. The summed E-state index contributed by atoms with van der Waals surface area (Å²) in [6, 6.07) is 40.1. The Kier molecular flexibility index (Phi) is 15.6. The topological polar surface area (TPSA) is 108 Å². The van der Waals surface area contributed by atoms with Gasteiger partial charge in [0, 0.05) is 39.7 Å². The Morgan fingerprint density at radius 1 is 0.662 bits per heavy atom. The van der Waals surface area contributed by atoms with Crippen LogP contribution in [-0.2, 0) is 39.6 Å². The predicted octanol–water partition coefficient (Wildman–Crippen LogP) is 13.8. The molecule has 6 aromatic carbocycles. The van der Waals surface area contributed by atoms with Crippen LogP contribution in [0.3, 0.4) is 0 Å². The highest BCUT2D eigenvalue weighted by Crippen LogP contribution is 2.67. The van der Waals surface area contributed by atoms with Crippen LogP contribution in [0.5, 0.6) is 23.0 Å². The maximum absolute atomic E-state index is 12.6. The molecule has 1 aliphatic heterocycles. The molecule has 2 aliphatic carbocycles. The van der Waals surface area contributed by atoms with Crippen LogP contribution < -0.4 is 18.9 Å². The van der Waals surface area contributed by atoms with E-state index < -0.39 is 17.5 Å². The summed E-state index contributed by atoms with van der Waals surface area (Å²) >= 11 is 0. The quantitative estimate of drug-likeness (QED) is 0.0511. The number of rotatable bonds is 21. The van der Waals surface area contributed by atoms with Crippen LogP contribution in [0.25, 0.3) is 39.1 Å². The minimum Gasteiger partial charge on any atom is -0.497 e. The highest BCUT2D eigenvalue weighted by molar-refractivity contribution is 6.10. The first kappa shape index (κ1) is 52.3. The lowest BCUT2D eigenvalue weighted by Crippen LogP contribution is -2.44. The maximum atomic E-state index is 12.6. The second-order valence-electron chi connectivity index (χ2n) is 21.8. The van der Waals surface area contributed by atoms with E-state index in [2.05, 4.69) is 120 Å². The second kappa shape index (κ2) is 22.1. The highest BCUT2D eigenvalue weighted by Gasteiger charge is 2.55. The summed E-state index contributed by atoms with van der Waals surface area (Å²) in [5, 5.41) is 2.10. The van der Waals surface area contributed by atoms with Crippen LogP contribution >= 0.6 is 0 Å². The van der Waals surface area contributed by atoms with E-state index in [4.69, 9.17) is 37.9 Å². The van der Waals surface area contributed by atoms with Gasteiger partial charge in [-0.2, -0.15) is 0 Å². The minimum absolute atomic E-state index is 0.0197. The lowest BCUT2D eigenvalue weighted by molar-refractivity contribution is -0.153. The second-order valence-corrected chi connectivity index (χ2v) is 21.8. The number of hydrogen-bond acceptors (Lipinski definition) is 10. The van der Waals surface area contributed by atoms with Crippen molar-refractivity contribution in [3.8, 4) is 45.3 Å². The molecule has 2 unspecified atom stereocenters. The first-order valence-corrected chi connectivity index (χ1v) is 26.3. The molecule has 0 saturated heterocycles. The number of methoxy groups -OCH3 is 2. The Bertz CT molecular complexity index is 2960. The molecule has 0 N–H and O–H groups in total. The fraction of sp³-hybridized carbons (Fsp3) is 0.406. The van der Waals surface area contributed by atoms with Crippen molar-refractivity contribution in [3.63, 3.8) is 0 Å². The SMILES string of the molecule is CCCCOCCOC(C)COC(=O)CCC(=O)OCCOc1ccc(C2(c3ccc(OC)cc3)C=Cc3c4c(c5cc(-c6ccccc6)c(OC)cc5c3O2)-c2ccccc2C42CC(C)(C)CC(C)(C)C2)cc1. The molecule has 10 heteroatoms.